The second kappa shape index (κ2) is 8.17. The molecule has 0 fully saturated rings. The Morgan fingerprint density at radius 3 is 2.00 bits per heavy atom. The SMILES string of the molecule is CCCCc1c(Br)c2c(c(CCCC)c1-c1ccccc1)C(=O)NC2=O. The number of halogens is 1. The number of benzene rings is 2. The number of fused-ring (bicyclic) bond motifs is 1. The molecule has 136 valence electrons. The van der Waals surface area contributed by atoms with Gasteiger partial charge in [0.25, 0.3) is 11.8 Å². The molecule has 0 saturated carbocycles. The summed E-state index contributed by atoms with van der Waals surface area (Å²) in [6.45, 7) is 4.31. The molecule has 1 aliphatic heterocycles. The van der Waals surface area contributed by atoms with Gasteiger partial charge in [-0.15, -0.1) is 0 Å². The van der Waals surface area contributed by atoms with Crippen molar-refractivity contribution in [1.82, 2.24) is 5.32 Å². The minimum atomic E-state index is -0.285. The third kappa shape index (κ3) is 3.35. The highest BCUT2D eigenvalue weighted by Gasteiger charge is 2.35. The lowest BCUT2D eigenvalue weighted by molar-refractivity contribution is 0.0879. The molecule has 0 saturated heterocycles. The van der Waals surface area contributed by atoms with Gasteiger partial charge < -0.3 is 0 Å². The van der Waals surface area contributed by atoms with Crippen LogP contribution >= 0.6 is 15.9 Å². The van der Waals surface area contributed by atoms with Gasteiger partial charge >= 0.3 is 0 Å². The van der Waals surface area contributed by atoms with Crippen molar-refractivity contribution in [3.8, 4) is 11.1 Å². The summed E-state index contributed by atoms with van der Waals surface area (Å²) in [6.07, 6.45) is 5.83. The summed E-state index contributed by atoms with van der Waals surface area (Å²) < 4.78 is 0.781. The second-order valence-corrected chi connectivity index (χ2v) is 7.55. The number of unbranched alkanes of at least 4 members (excludes halogenated alkanes) is 2. The quantitative estimate of drug-likeness (QED) is 0.592. The zero-order valence-corrected chi connectivity index (χ0v) is 16.9. The average Bonchev–Trinajstić information content (AvgIpc) is 2.95. The van der Waals surface area contributed by atoms with Crippen molar-refractivity contribution in [3.05, 3.63) is 57.1 Å². The van der Waals surface area contributed by atoms with Gasteiger partial charge in [-0.25, -0.2) is 0 Å². The number of hydrogen-bond acceptors (Lipinski definition) is 2. The van der Waals surface area contributed by atoms with E-state index in [1.54, 1.807) is 0 Å². The third-order valence-electron chi connectivity index (χ3n) is 4.94. The molecule has 0 aliphatic carbocycles. The molecule has 0 unspecified atom stereocenters. The van der Waals surface area contributed by atoms with Crippen LogP contribution in [0.1, 0.15) is 71.4 Å². The number of hydrogen-bond donors (Lipinski definition) is 1. The maximum Gasteiger partial charge on any atom is 0.260 e. The molecular formula is C22H24BrNO2. The highest BCUT2D eigenvalue weighted by Crippen LogP contribution is 2.41. The van der Waals surface area contributed by atoms with Gasteiger partial charge in [0.05, 0.1) is 11.1 Å². The van der Waals surface area contributed by atoms with Crippen molar-refractivity contribution < 1.29 is 9.59 Å². The number of carbonyl (C=O) groups is 2. The van der Waals surface area contributed by atoms with E-state index < -0.39 is 0 Å². The number of carbonyl (C=O) groups excluding carboxylic acids is 2. The van der Waals surface area contributed by atoms with E-state index in [-0.39, 0.29) is 11.8 Å². The molecule has 0 atom stereocenters. The zero-order valence-electron chi connectivity index (χ0n) is 15.3. The molecule has 3 nitrogen and oxygen atoms in total. The number of imide groups is 1. The topological polar surface area (TPSA) is 46.2 Å². The molecule has 2 aromatic carbocycles. The molecule has 0 aromatic heterocycles. The molecule has 0 spiro atoms. The fourth-order valence-electron chi connectivity index (χ4n) is 3.67. The lowest BCUT2D eigenvalue weighted by Gasteiger charge is -2.20. The summed E-state index contributed by atoms with van der Waals surface area (Å²) in [7, 11) is 0. The van der Waals surface area contributed by atoms with E-state index in [4.69, 9.17) is 0 Å². The minimum Gasteiger partial charge on any atom is -0.288 e. The third-order valence-corrected chi connectivity index (χ3v) is 5.82. The molecule has 0 radical (unpaired) electrons. The summed E-state index contributed by atoms with van der Waals surface area (Å²) >= 11 is 3.67. The molecule has 0 bridgehead atoms. The van der Waals surface area contributed by atoms with Crippen LogP contribution in [0.15, 0.2) is 34.8 Å². The summed E-state index contributed by atoms with van der Waals surface area (Å²) in [5, 5.41) is 2.49. The fraction of sp³-hybridized carbons (Fsp3) is 0.364. The van der Waals surface area contributed by atoms with E-state index in [1.807, 2.05) is 18.2 Å². The maximum absolute atomic E-state index is 12.6. The monoisotopic (exact) mass is 413 g/mol. The number of nitrogens with one attached hydrogen (secondary N) is 1. The first-order valence-electron chi connectivity index (χ1n) is 9.38. The highest BCUT2D eigenvalue weighted by atomic mass is 79.9. The first-order valence-corrected chi connectivity index (χ1v) is 10.2. The smallest absolute Gasteiger partial charge is 0.260 e. The number of rotatable bonds is 7. The van der Waals surface area contributed by atoms with Crippen LogP contribution in [0.25, 0.3) is 11.1 Å². The Labute approximate surface area is 163 Å². The van der Waals surface area contributed by atoms with Gasteiger partial charge in [0.15, 0.2) is 0 Å². The molecule has 1 heterocycles. The van der Waals surface area contributed by atoms with E-state index >= 15 is 0 Å². The van der Waals surface area contributed by atoms with Crippen molar-refractivity contribution in [3.63, 3.8) is 0 Å². The Morgan fingerprint density at radius 2 is 1.38 bits per heavy atom. The van der Waals surface area contributed by atoms with Gasteiger partial charge in [-0.2, -0.15) is 0 Å². The van der Waals surface area contributed by atoms with Gasteiger partial charge in [0.2, 0.25) is 0 Å². The maximum atomic E-state index is 12.6. The Bertz CT molecular complexity index is 843. The largest absolute Gasteiger partial charge is 0.288 e. The standard InChI is InChI=1S/C22H24BrNO2/c1-3-5-12-15-17(14-10-8-7-9-11-14)16(13-6-4-2)20(23)19-18(15)21(25)24-22(19)26/h7-11H,3-6,12-13H2,1-2H3,(H,24,25,26). The van der Waals surface area contributed by atoms with Crippen LogP contribution in [0.2, 0.25) is 0 Å². The predicted molar refractivity (Wildman–Crippen MR) is 109 cm³/mol. The van der Waals surface area contributed by atoms with Crippen LogP contribution in [0.5, 0.6) is 0 Å². The van der Waals surface area contributed by atoms with Crippen LogP contribution in [0, 0.1) is 0 Å². The predicted octanol–water partition coefficient (Wildman–Crippen LogP) is 5.68. The van der Waals surface area contributed by atoms with Gasteiger partial charge in [-0.1, -0.05) is 57.0 Å². The lowest BCUT2D eigenvalue weighted by Crippen LogP contribution is -2.20. The molecule has 1 N–H and O–H groups in total. The second-order valence-electron chi connectivity index (χ2n) is 6.75. The van der Waals surface area contributed by atoms with E-state index in [9.17, 15) is 9.59 Å². The summed E-state index contributed by atoms with van der Waals surface area (Å²) in [6, 6.07) is 10.2. The first kappa shape index (κ1) is 18.8. The minimum absolute atomic E-state index is 0.268. The van der Waals surface area contributed by atoms with E-state index in [0.29, 0.717) is 11.1 Å². The van der Waals surface area contributed by atoms with Crippen LogP contribution in [-0.2, 0) is 12.8 Å². The fourth-order valence-corrected chi connectivity index (χ4v) is 4.44. The Hall–Kier alpha value is -1.94. The molecule has 2 aromatic rings. The summed E-state index contributed by atoms with van der Waals surface area (Å²) in [5.41, 5.74) is 5.49. The average molecular weight is 414 g/mol. The van der Waals surface area contributed by atoms with Gasteiger partial charge in [0, 0.05) is 4.47 Å². The molecule has 26 heavy (non-hydrogen) atoms. The van der Waals surface area contributed by atoms with Crippen LogP contribution in [0.3, 0.4) is 0 Å². The molecule has 4 heteroatoms. The Balaban J connectivity index is 2.34. The van der Waals surface area contributed by atoms with Gasteiger partial charge in [0.1, 0.15) is 0 Å². The summed E-state index contributed by atoms with van der Waals surface area (Å²) in [5.74, 6) is -0.553. The van der Waals surface area contributed by atoms with Crippen LogP contribution < -0.4 is 5.32 Å². The molecule has 3 rings (SSSR count). The normalized spacial score (nSPS) is 13.0. The van der Waals surface area contributed by atoms with Gasteiger partial charge in [-0.05, 0) is 63.9 Å². The van der Waals surface area contributed by atoms with Crippen LogP contribution in [0.4, 0.5) is 0 Å². The molecular weight excluding hydrogens is 390 g/mol. The Kier molecular flexibility index (Phi) is 5.92. The highest BCUT2D eigenvalue weighted by molar-refractivity contribution is 9.10. The van der Waals surface area contributed by atoms with Crippen LogP contribution in [-0.4, -0.2) is 11.8 Å². The van der Waals surface area contributed by atoms with Crippen molar-refractivity contribution in [2.45, 2.75) is 52.4 Å². The molecule has 1 aliphatic rings. The van der Waals surface area contributed by atoms with Crippen molar-refractivity contribution >= 4 is 27.7 Å². The number of amides is 2. The first-order chi connectivity index (χ1) is 12.6. The van der Waals surface area contributed by atoms with Crippen molar-refractivity contribution in [2.75, 3.05) is 0 Å². The summed E-state index contributed by atoms with van der Waals surface area (Å²) in [4.78, 5) is 25.0. The van der Waals surface area contributed by atoms with E-state index in [1.165, 1.54) is 0 Å². The van der Waals surface area contributed by atoms with E-state index in [2.05, 4.69) is 47.2 Å². The molecule has 2 amide bonds. The lowest BCUT2D eigenvalue weighted by atomic mass is 9.84. The zero-order chi connectivity index (χ0) is 18.7. The Morgan fingerprint density at radius 1 is 0.808 bits per heavy atom. The van der Waals surface area contributed by atoms with Gasteiger partial charge in [-0.3, -0.25) is 14.9 Å². The van der Waals surface area contributed by atoms with Crippen molar-refractivity contribution in [1.29, 1.82) is 0 Å². The van der Waals surface area contributed by atoms with E-state index in [0.717, 1.165) is 65.3 Å². The van der Waals surface area contributed by atoms with Crippen molar-refractivity contribution in [2.24, 2.45) is 0 Å².